The lowest BCUT2D eigenvalue weighted by Crippen LogP contribution is -2.26. The predicted octanol–water partition coefficient (Wildman–Crippen LogP) is 3.95. The zero-order valence-corrected chi connectivity index (χ0v) is 15.4. The third-order valence-corrected chi connectivity index (χ3v) is 4.43. The Labute approximate surface area is 145 Å². The first-order valence-corrected chi connectivity index (χ1v) is 8.42. The molecule has 2 rings (SSSR count). The van der Waals surface area contributed by atoms with E-state index in [1.807, 2.05) is 50.8 Å². The maximum atomic E-state index is 12.5. The molecule has 0 bridgehead atoms. The van der Waals surface area contributed by atoms with Crippen LogP contribution in [-0.2, 0) is 0 Å². The maximum Gasteiger partial charge on any atom is 0.274 e. The van der Waals surface area contributed by atoms with Crippen molar-refractivity contribution in [2.24, 2.45) is 0 Å². The van der Waals surface area contributed by atoms with E-state index in [4.69, 9.17) is 0 Å². The Morgan fingerprint density at radius 3 is 2.48 bits per heavy atom. The number of hydrogen-bond acceptors (Lipinski definition) is 4. The Morgan fingerprint density at radius 2 is 1.87 bits per heavy atom. The Morgan fingerprint density at radius 1 is 1.17 bits per heavy atom. The minimum atomic E-state index is -0.231. The van der Waals surface area contributed by atoms with E-state index in [-0.39, 0.29) is 5.91 Å². The molecule has 0 atom stereocenters. The fraction of sp³-hybridized carbons (Fsp3) is 0.353. The number of nitrogens with zero attached hydrogens (tertiary/aromatic N) is 3. The van der Waals surface area contributed by atoms with Crippen molar-refractivity contribution >= 4 is 33.5 Å². The minimum Gasteiger partial charge on any atom is -0.341 e. The monoisotopic (exact) mass is 376 g/mol. The second-order valence-electron chi connectivity index (χ2n) is 5.28. The van der Waals surface area contributed by atoms with Gasteiger partial charge in [-0.1, -0.05) is 15.9 Å². The van der Waals surface area contributed by atoms with Gasteiger partial charge in [-0.15, -0.1) is 0 Å². The van der Waals surface area contributed by atoms with Gasteiger partial charge < -0.3 is 10.2 Å². The van der Waals surface area contributed by atoms with Crippen molar-refractivity contribution in [3.8, 4) is 0 Å². The van der Waals surface area contributed by atoms with Crippen LogP contribution in [0.15, 0.2) is 28.7 Å². The van der Waals surface area contributed by atoms with E-state index < -0.39 is 0 Å². The van der Waals surface area contributed by atoms with Crippen LogP contribution in [0.5, 0.6) is 0 Å². The smallest absolute Gasteiger partial charge is 0.274 e. The molecule has 2 aromatic rings. The average molecular weight is 377 g/mol. The molecule has 23 heavy (non-hydrogen) atoms. The Bertz CT molecular complexity index is 714. The summed E-state index contributed by atoms with van der Waals surface area (Å²) in [6, 6.07) is 7.39. The summed E-state index contributed by atoms with van der Waals surface area (Å²) in [4.78, 5) is 23.3. The van der Waals surface area contributed by atoms with Gasteiger partial charge in [0.2, 0.25) is 5.95 Å². The number of anilines is 2. The first-order valence-electron chi connectivity index (χ1n) is 7.62. The highest BCUT2D eigenvalue weighted by Gasteiger charge is 2.14. The van der Waals surface area contributed by atoms with Crippen LogP contribution in [0.3, 0.4) is 0 Å². The molecule has 5 nitrogen and oxygen atoms in total. The topological polar surface area (TPSA) is 58.1 Å². The molecule has 1 aromatic carbocycles. The highest BCUT2D eigenvalue weighted by atomic mass is 79.9. The molecule has 0 saturated carbocycles. The fourth-order valence-corrected chi connectivity index (χ4v) is 2.48. The van der Waals surface area contributed by atoms with Crippen LogP contribution in [0.1, 0.15) is 35.6 Å². The summed E-state index contributed by atoms with van der Waals surface area (Å²) in [6.45, 7) is 9.53. The standard InChI is InChI=1S/C17H21BrN4O/c1-5-22(6-2)17-19-12(4)10-15(21-17)16(23)20-13-7-8-14(18)11(3)9-13/h7-10H,5-6H2,1-4H3,(H,20,23). The number of aromatic nitrogens is 2. The second-order valence-corrected chi connectivity index (χ2v) is 6.14. The fourth-order valence-electron chi connectivity index (χ4n) is 2.23. The summed E-state index contributed by atoms with van der Waals surface area (Å²) >= 11 is 3.45. The van der Waals surface area contributed by atoms with E-state index in [0.717, 1.165) is 34.5 Å². The van der Waals surface area contributed by atoms with Gasteiger partial charge in [0.1, 0.15) is 5.69 Å². The largest absolute Gasteiger partial charge is 0.341 e. The van der Waals surface area contributed by atoms with Crippen molar-refractivity contribution in [3.63, 3.8) is 0 Å². The van der Waals surface area contributed by atoms with Crippen molar-refractivity contribution in [1.29, 1.82) is 0 Å². The summed E-state index contributed by atoms with van der Waals surface area (Å²) in [7, 11) is 0. The van der Waals surface area contributed by atoms with Crippen molar-refractivity contribution in [3.05, 3.63) is 45.7 Å². The lowest BCUT2D eigenvalue weighted by atomic mass is 10.2. The molecule has 1 amide bonds. The van der Waals surface area contributed by atoms with Crippen LogP contribution in [0.4, 0.5) is 11.6 Å². The number of nitrogens with one attached hydrogen (secondary N) is 1. The molecule has 0 aliphatic rings. The van der Waals surface area contributed by atoms with Crippen LogP contribution >= 0.6 is 15.9 Å². The van der Waals surface area contributed by atoms with Gasteiger partial charge in [0.05, 0.1) is 0 Å². The van der Waals surface area contributed by atoms with Crippen molar-refractivity contribution in [2.75, 3.05) is 23.3 Å². The normalized spacial score (nSPS) is 10.5. The van der Waals surface area contributed by atoms with Gasteiger partial charge in [-0.05, 0) is 57.5 Å². The number of aryl methyl sites for hydroxylation is 2. The van der Waals surface area contributed by atoms with E-state index in [0.29, 0.717) is 11.6 Å². The van der Waals surface area contributed by atoms with Crippen LogP contribution in [0.2, 0.25) is 0 Å². The van der Waals surface area contributed by atoms with Gasteiger partial charge in [0.15, 0.2) is 0 Å². The predicted molar refractivity (Wildman–Crippen MR) is 97.2 cm³/mol. The lowest BCUT2D eigenvalue weighted by Gasteiger charge is -2.19. The van der Waals surface area contributed by atoms with Crippen LogP contribution in [-0.4, -0.2) is 29.0 Å². The molecule has 0 saturated heterocycles. The second kappa shape index (κ2) is 7.55. The Balaban J connectivity index is 2.26. The number of amides is 1. The molecular formula is C17H21BrN4O. The highest BCUT2D eigenvalue weighted by molar-refractivity contribution is 9.10. The average Bonchev–Trinajstić information content (AvgIpc) is 2.51. The highest BCUT2D eigenvalue weighted by Crippen LogP contribution is 2.20. The SMILES string of the molecule is CCN(CC)c1nc(C)cc(C(=O)Nc2ccc(Br)c(C)c2)n1. The van der Waals surface area contributed by atoms with E-state index in [9.17, 15) is 4.79 Å². The van der Waals surface area contributed by atoms with Crippen LogP contribution < -0.4 is 10.2 Å². The molecule has 0 fully saturated rings. The van der Waals surface area contributed by atoms with Gasteiger partial charge in [-0.25, -0.2) is 9.97 Å². The number of halogens is 1. The van der Waals surface area contributed by atoms with Gasteiger partial charge in [-0.2, -0.15) is 0 Å². The lowest BCUT2D eigenvalue weighted by molar-refractivity contribution is 0.102. The third kappa shape index (κ3) is 4.28. The molecule has 0 spiro atoms. The molecule has 6 heteroatoms. The zero-order chi connectivity index (χ0) is 17.0. The summed E-state index contributed by atoms with van der Waals surface area (Å²) < 4.78 is 1.01. The van der Waals surface area contributed by atoms with E-state index in [2.05, 4.69) is 31.2 Å². The van der Waals surface area contributed by atoms with Crippen LogP contribution in [0, 0.1) is 13.8 Å². The number of hydrogen-bond donors (Lipinski definition) is 1. The van der Waals surface area contributed by atoms with Gasteiger partial charge in [0, 0.05) is 28.9 Å². The molecule has 0 radical (unpaired) electrons. The zero-order valence-electron chi connectivity index (χ0n) is 13.9. The van der Waals surface area contributed by atoms with E-state index in [1.54, 1.807) is 6.07 Å². The first-order chi connectivity index (χ1) is 10.9. The van der Waals surface area contributed by atoms with Crippen molar-refractivity contribution in [2.45, 2.75) is 27.7 Å². The van der Waals surface area contributed by atoms with Gasteiger partial charge in [-0.3, -0.25) is 4.79 Å². The maximum absolute atomic E-state index is 12.5. The third-order valence-electron chi connectivity index (χ3n) is 3.54. The van der Waals surface area contributed by atoms with Gasteiger partial charge in [0.25, 0.3) is 5.91 Å². The van der Waals surface area contributed by atoms with E-state index in [1.165, 1.54) is 0 Å². The molecule has 0 unspecified atom stereocenters. The molecule has 122 valence electrons. The first kappa shape index (κ1) is 17.4. The Kier molecular flexibility index (Phi) is 5.71. The molecule has 1 aromatic heterocycles. The van der Waals surface area contributed by atoms with E-state index >= 15 is 0 Å². The molecule has 1 heterocycles. The van der Waals surface area contributed by atoms with Crippen molar-refractivity contribution < 1.29 is 4.79 Å². The van der Waals surface area contributed by atoms with Crippen LogP contribution in [0.25, 0.3) is 0 Å². The molecule has 0 aliphatic heterocycles. The number of benzene rings is 1. The molecular weight excluding hydrogens is 356 g/mol. The minimum absolute atomic E-state index is 0.231. The number of rotatable bonds is 5. The summed E-state index contributed by atoms with van der Waals surface area (Å²) in [5.74, 6) is 0.359. The Hall–Kier alpha value is -1.95. The number of carbonyl (C=O) groups excluding carboxylic acids is 1. The molecule has 1 N–H and O–H groups in total. The summed E-state index contributed by atoms with van der Waals surface area (Å²) in [5.41, 5.74) is 2.96. The summed E-state index contributed by atoms with van der Waals surface area (Å²) in [5, 5.41) is 2.89. The quantitative estimate of drug-likeness (QED) is 0.857. The van der Waals surface area contributed by atoms with Crippen molar-refractivity contribution in [1.82, 2.24) is 9.97 Å². The molecule has 0 aliphatic carbocycles. The number of carbonyl (C=O) groups is 1. The van der Waals surface area contributed by atoms with Gasteiger partial charge >= 0.3 is 0 Å². The summed E-state index contributed by atoms with van der Waals surface area (Å²) in [6.07, 6.45) is 0.